The maximum atomic E-state index is 12.9. The molecule has 0 saturated carbocycles. The number of amides is 1. The molecule has 0 aliphatic carbocycles. The van der Waals surface area contributed by atoms with Gasteiger partial charge in [-0.2, -0.15) is 0 Å². The molecular formula is C20H14N4O4S. The van der Waals surface area contributed by atoms with Crippen LogP contribution < -0.4 is 10.6 Å². The molecule has 2 N–H and O–H groups in total. The van der Waals surface area contributed by atoms with E-state index in [4.69, 9.17) is 10.6 Å². The Balaban J connectivity index is 1.63. The van der Waals surface area contributed by atoms with Gasteiger partial charge in [0.2, 0.25) is 0 Å². The molecule has 0 radical (unpaired) electrons. The number of carbonyl (C=O) groups is 1. The molecule has 3 aromatic carbocycles. The standard InChI is InChI=1S/C20H14N4O4S/c21-19(13-6-5-7-14(12-13)24(26)27)22-28-20(25)23-15-8-1-3-10-17(15)29-18-11-4-2-9-16(18)23/h1-12H,(H2,21,22). The predicted molar refractivity (Wildman–Crippen MR) is 109 cm³/mol. The fourth-order valence-electron chi connectivity index (χ4n) is 2.86. The van der Waals surface area contributed by atoms with Gasteiger partial charge in [-0.15, -0.1) is 0 Å². The van der Waals surface area contributed by atoms with Gasteiger partial charge in [0, 0.05) is 27.5 Å². The highest BCUT2D eigenvalue weighted by Crippen LogP contribution is 2.48. The topological polar surface area (TPSA) is 111 Å². The molecule has 1 amide bonds. The first-order chi connectivity index (χ1) is 14.0. The van der Waals surface area contributed by atoms with Crippen molar-refractivity contribution in [3.05, 3.63) is 88.5 Å². The Morgan fingerprint density at radius 1 is 1.00 bits per heavy atom. The Morgan fingerprint density at radius 2 is 1.62 bits per heavy atom. The summed E-state index contributed by atoms with van der Waals surface area (Å²) in [7, 11) is 0. The monoisotopic (exact) mass is 406 g/mol. The summed E-state index contributed by atoms with van der Waals surface area (Å²) in [5.74, 6) is -0.144. The number of anilines is 2. The maximum absolute atomic E-state index is 12.9. The number of fused-ring (bicyclic) bond motifs is 2. The third-order valence-electron chi connectivity index (χ3n) is 4.19. The quantitative estimate of drug-likeness (QED) is 0.223. The van der Waals surface area contributed by atoms with Crippen LogP contribution in [0.2, 0.25) is 0 Å². The van der Waals surface area contributed by atoms with E-state index in [0.29, 0.717) is 11.4 Å². The normalized spacial score (nSPS) is 12.7. The van der Waals surface area contributed by atoms with E-state index in [1.165, 1.54) is 23.1 Å². The molecule has 1 aliphatic rings. The van der Waals surface area contributed by atoms with Crippen LogP contribution >= 0.6 is 11.8 Å². The zero-order chi connectivity index (χ0) is 20.4. The zero-order valence-corrected chi connectivity index (χ0v) is 15.7. The van der Waals surface area contributed by atoms with Crippen molar-refractivity contribution in [3.63, 3.8) is 0 Å². The molecule has 0 aromatic heterocycles. The molecule has 4 rings (SSSR count). The highest BCUT2D eigenvalue weighted by Gasteiger charge is 2.29. The molecule has 0 spiro atoms. The van der Waals surface area contributed by atoms with Crippen LogP contribution in [-0.4, -0.2) is 16.9 Å². The highest BCUT2D eigenvalue weighted by molar-refractivity contribution is 7.99. The van der Waals surface area contributed by atoms with E-state index >= 15 is 0 Å². The Bertz CT molecular complexity index is 1100. The van der Waals surface area contributed by atoms with E-state index in [2.05, 4.69) is 5.16 Å². The number of para-hydroxylation sites is 2. The Hall–Kier alpha value is -3.85. The average Bonchev–Trinajstić information content (AvgIpc) is 2.75. The van der Waals surface area contributed by atoms with E-state index in [9.17, 15) is 14.9 Å². The number of non-ortho nitro benzene ring substituents is 1. The molecule has 1 aliphatic heterocycles. The molecular weight excluding hydrogens is 392 g/mol. The third-order valence-corrected chi connectivity index (χ3v) is 5.32. The first-order valence-corrected chi connectivity index (χ1v) is 9.31. The Kier molecular flexibility index (Phi) is 4.88. The molecule has 1 heterocycles. The maximum Gasteiger partial charge on any atom is 0.445 e. The lowest BCUT2D eigenvalue weighted by Gasteiger charge is -2.29. The lowest BCUT2D eigenvalue weighted by atomic mass is 10.2. The number of hydrogen-bond donors (Lipinski definition) is 1. The van der Waals surface area contributed by atoms with Gasteiger partial charge in [0.25, 0.3) is 5.69 Å². The molecule has 0 atom stereocenters. The summed E-state index contributed by atoms with van der Waals surface area (Å²) in [4.78, 5) is 31.5. The minimum absolute atomic E-state index is 0.136. The van der Waals surface area contributed by atoms with Crippen LogP contribution in [0.25, 0.3) is 0 Å². The fourth-order valence-corrected chi connectivity index (χ4v) is 3.92. The minimum atomic E-state index is -0.737. The van der Waals surface area contributed by atoms with Crippen molar-refractivity contribution in [2.24, 2.45) is 10.9 Å². The number of hydrogen-bond acceptors (Lipinski definition) is 6. The molecule has 0 unspecified atom stereocenters. The number of nitro benzene ring substituents is 1. The van der Waals surface area contributed by atoms with Gasteiger partial charge < -0.3 is 5.73 Å². The lowest BCUT2D eigenvalue weighted by molar-refractivity contribution is -0.384. The number of nitrogens with two attached hydrogens (primary N) is 1. The molecule has 29 heavy (non-hydrogen) atoms. The van der Waals surface area contributed by atoms with Gasteiger partial charge in [0.1, 0.15) is 0 Å². The number of nitro groups is 1. The summed E-state index contributed by atoms with van der Waals surface area (Å²) in [6.07, 6.45) is -0.737. The van der Waals surface area contributed by atoms with Crippen molar-refractivity contribution in [1.82, 2.24) is 0 Å². The Morgan fingerprint density at radius 3 is 2.24 bits per heavy atom. The third kappa shape index (κ3) is 3.63. The van der Waals surface area contributed by atoms with Crippen LogP contribution in [0.15, 0.2) is 87.7 Å². The largest absolute Gasteiger partial charge is 0.445 e. The number of amidine groups is 1. The number of benzene rings is 3. The zero-order valence-electron chi connectivity index (χ0n) is 14.9. The molecule has 0 saturated heterocycles. The van der Waals surface area contributed by atoms with Crippen LogP contribution in [-0.2, 0) is 4.84 Å². The summed E-state index contributed by atoms with van der Waals surface area (Å²) >= 11 is 1.56. The van der Waals surface area contributed by atoms with E-state index in [1.54, 1.807) is 17.8 Å². The molecule has 0 bridgehead atoms. The van der Waals surface area contributed by atoms with Gasteiger partial charge >= 0.3 is 6.09 Å². The van der Waals surface area contributed by atoms with Crippen LogP contribution in [0.3, 0.4) is 0 Å². The lowest BCUT2D eigenvalue weighted by Crippen LogP contribution is -2.28. The summed E-state index contributed by atoms with van der Waals surface area (Å²) < 4.78 is 0. The first kappa shape index (κ1) is 18.5. The summed E-state index contributed by atoms with van der Waals surface area (Å²) in [5.41, 5.74) is 7.35. The van der Waals surface area contributed by atoms with Crippen LogP contribution in [0.1, 0.15) is 5.56 Å². The SMILES string of the molecule is N/C(=N/OC(=O)N1c2ccccc2Sc2ccccc21)c1cccc([N+](=O)[O-])c1. The van der Waals surface area contributed by atoms with Crippen molar-refractivity contribution >= 4 is 40.8 Å². The second-order valence-electron chi connectivity index (χ2n) is 6.01. The molecule has 0 fully saturated rings. The van der Waals surface area contributed by atoms with Gasteiger partial charge in [0.05, 0.1) is 16.3 Å². The van der Waals surface area contributed by atoms with Crippen molar-refractivity contribution < 1.29 is 14.6 Å². The van der Waals surface area contributed by atoms with Crippen LogP contribution in [0.5, 0.6) is 0 Å². The van der Waals surface area contributed by atoms with E-state index < -0.39 is 11.0 Å². The molecule has 144 valence electrons. The van der Waals surface area contributed by atoms with Crippen LogP contribution in [0.4, 0.5) is 21.9 Å². The number of rotatable bonds is 3. The number of carbonyl (C=O) groups excluding carboxylic acids is 1. The van der Waals surface area contributed by atoms with Gasteiger partial charge in [-0.3, -0.25) is 15.0 Å². The Labute approximate surface area is 169 Å². The van der Waals surface area contributed by atoms with E-state index in [-0.39, 0.29) is 17.1 Å². The van der Waals surface area contributed by atoms with E-state index in [0.717, 1.165) is 9.79 Å². The van der Waals surface area contributed by atoms with Gasteiger partial charge in [-0.25, -0.2) is 9.69 Å². The smallest absolute Gasteiger partial charge is 0.380 e. The summed E-state index contributed by atoms with van der Waals surface area (Å²) in [6.45, 7) is 0. The molecule has 8 nitrogen and oxygen atoms in total. The van der Waals surface area contributed by atoms with Gasteiger partial charge in [0.15, 0.2) is 5.84 Å². The van der Waals surface area contributed by atoms with Gasteiger partial charge in [-0.1, -0.05) is 53.3 Å². The molecule has 3 aromatic rings. The summed E-state index contributed by atoms with van der Waals surface area (Å²) in [5, 5.41) is 14.6. The van der Waals surface area contributed by atoms with E-state index in [1.807, 2.05) is 48.5 Å². The fraction of sp³-hybridized carbons (Fsp3) is 0. The van der Waals surface area contributed by atoms with Crippen molar-refractivity contribution in [3.8, 4) is 0 Å². The van der Waals surface area contributed by atoms with Crippen LogP contribution in [0, 0.1) is 10.1 Å². The molecule has 9 heteroatoms. The van der Waals surface area contributed by atoms with Crippen molar-refractivity contribution in [2.45, 2.75) is 9.79 Å². The van der Waals surface area contributed by atoms with Gasteiger partial charge in [-0.05, 0) is 24.3 Å². The minimum Gasteiger partial charge on any atom is -0.380 e. The van der Waals surface area contributed by atoms with Crippen molar-refractivity contribution in [1.29, 1.82) is 0 Å². The number of oxime groups is 1. The van der Waals surface area contributed by atoms with Crippen molar-refractivity contribution in [2.75, 3.05) is 4.90 Å². The second kappa shape index (κ2) is 7.64. The average molecular weight is 406 g/mol. The predicted octanol–water partition coefficient (Wildman–Crippen LogP) is 4.65. The summed E-state index contributed by atoms with van der Waals surface area (Å²) in [6, 6.07) is 20.5. The highest BCUT2D eigenvalue weighted by atomic mass is 32.2. The first-order valence-electron chi connectivity index (χ1n) is 8.50. The number of nitrogens with zero attached hydrogens (tertiary/aromatic N) is 3. The second-order valence-corrected chi connectivity index (χ2v) is 7.10.